The van der Waals surface area contributed by atoms with Crippen molar-refractivity contribution in [2.24, 2.45) is 0 Å². The Labute approximate surface area is 137 Å². The summed E-state index contributed by atoms with van der Waals surface area (Å²) in [7, 11) is 1.49. The van der Waals surface area contributed by atoms with Gasteiger partial charge < -0.3 is 19.9 Å². The predicted octanol–water partition coefficient (Wildman–Crippen LogP) is 4.42. The molecule has 0 heterocycles. The van der Waals surface area contributed by atoms with Crippen molar-refractivity contribution in [1.29, 1.82) is 0 Å². The maximum Gasteiger partial charge on any atom is 0.337 e. The van der Waals surface area contributed by atoms with Gasteiger partial charge in [-0.25, -0.2) is 4.79 Å². The van der Waals surface area contributed by atoms with Crippen molar-refractivity contribution in [3.05, 3.63) is 52.0 Å². The van der Waals surface area contributed by atoms with Crippen LogP contribution in [0.1, 0.15) is 10.4 Å². The van der Waals surface area contributed by atoms with Gasteiger partial charge in [0.1, 0.15) is 10.8 Å². The Bertz CT molecular complexity index is 691. The fourth-order valence-electron chi connectivity index (χ4n) is 1.80. The molecule has 0 unspecified atom stereocenters. The summed E-state index contributed by atoms with van der Waals surface area (Å²) in [4.78, 5) is 11.2. The zero-order chi connectivity index (χ0) is 16.1. The first-order valence-electron chi connectivity index (χ1n) is 6.23. The van der Waals surface area contributed by atoms with Crippen molar-refractivity contribution in [1.82, 2.24) is 0 Å². The summed E-state index contributed by atoms with van der Waals surface area (Å²) in [5.41, 5.74) is 0.853. The molecule has 0 atom stereocenters. The molecule has 0 radical (unpaired) electrons. The van der Waals surface area contributed by atoms with Crippen LogP contribution in [-0.4, -0.2) is 25.0 Å². The highest BCUT2D eigenvalue weighted by atomic mass is 35.5. The molecule has 0 fully saturated rings. The molecule has 2 N–H and O–H groups in total. The van der Waals surface area contributed by atoms with E-state index in [0.29, 0.717) is 22.1 Å². The van der Waals surface area contributed by atoms with Crippen LogP contribution < -0.4 is 10.1 Å². The van der Waals surface area contributed by atoms with Gasteiger partial charge in [0.05, 0.1) is 22.0 Å². The van der Waals surface area contributed by atoms with Crippen LogP contribution in [0, 0.1) is 0 Å². The number of hydrogen-bond acceptors (Lipinski definition) is 4. The van der Waals surface area contributed by atoms with E-state index in [1.54, 1.807) is 30.3 Å². The molecule has 2 rings (SSSR count). The normalized spacial score (nSPS) is 10.3. The third kappa shape index (κ3) is 3.62. The predicted molar refractivity (Wildman–Crippen MR) is 85.7 cm³/mol. The minimum atomic E-state index is -1.05. The van der Waals surface area contributed by atoms with Gasteiger partial charge in [0.2, 0.25) is 0 Å². The number of halogens is 2. The summed E-state index contributed by atoms with van der Waals surface area (Å²) in [6.07, 6.45) is 0. The fourth-order valence-corrected chi connectivity index (χ4v) is 2.31. The number of aromatic carboxylic acids is 1. The molecule has 0 aliphatic carbocycles. The minimum absolute atomic E-state index is 0.0342. The number of hydrogen-bond donors (Lipinski definition) is 2. The molecular formula is C15H13Cl2NO4. The Morgan fingerprint density at radius 2 is 1.95 bits per heavy atom. The Morgan fingerprint density at radius 1 is 1.23 bits per heavy atom. The van der Waals surface area contributed by atoms with Crippen LogP contribution in [0.25, 0.3) is 0 Å². The third-order valence-corrected chi connectivity index (χ3v) is 3.50. The monoisotopic (exact) mass is 341 g/mol. The summed E-state index contributed by atoms with van der Waals surface area (Å²) in [5.74, 6) is -0.676. The highest BCUT2D eigenvalue weighted by Gasteiger charge is 2.15. The number of para-hydroxylation sites is 1. The molecule has 0 aromatic heterocycles. The lowest BCUT2D eigenvalue weighted by Crippen LogP contribution is -2.04. The van der Waals surface area contributed by atoms with Gasteiger partial charge in [-0.1, -0.05) is 35.3 Å². The Kier molecular flexibility index (Phi) is 5.49. The maximum atomic E-state index is 11.2. The van der Waals surface area contributed by atoms with Crippen molar-refractivity contribution in [3.63, 3.8) is 0 Å². The van der Waals surface area contributed by atoms with Crippen LogP contribution in [-0.2, 0) is 4.74 Å². The van der Waals surface area contributed by atoms with E-state index in [9.17, 15) is 9.90 Å². The lowest BCUT2D eigenvalue weighted by atomic mass is 10.1. The van der Waals surface area contributed by atoms with Crippen LogP contribution in [0.2, 0.25) is 10.0 Å². The van der Waals surface area contributed by atoms with Crippen LogP contribution in [0.4, 0.5) is 11.4 Å². The van der Waals surface area contributed by atoms with E-state index in [4.69, 9.17) is 32.7 Å². The SMILES string of the molecule is COCOc1ccc(Cl)c(Nc2ccccc2C(=O)O)c1Cl. The van der Waals surface area contributed by atoms with Gasteiger partial charge in [-0.2, -0.15) is 0 Å². The van der Waals surface area contributed by atoms with E-state index < -0.39 is 5.97 Å². The van der Waals surface area contributed by atoms with Gasteiger partial charge in [-0.15, -0.1) is 0 Å². The van der Waals surface area contributed by atoms with Crippen LogP contribution in [0.3, 0.4) is 0 Å². The summed E-state index contributed by atoms with van der Waals surface area (Å²) >= 11 is 12.4. The van der Waals surface area contributed by atoms with Gasteiger partial charge in [-0.05, 0) is 24.3 Å². The molecule has 116 valence electrons. The summed E-state index contributed by atoms with van der Waals surface area (Å²) in [6.45, 7) is 0.0342. The third-order valence-electron chi connectivity index (χ3n) is 2.81. The van der Waals surface area contributed by atoms with Crippen LogP contribution in [0.5, 0.6) is 5.75 Å². The molecule has 22 heavy (non-hydrogen) atoms. The highest BCUT2D eigenvalue weighted by Crippen LogP contribution is 2.39. The molecule has 2 aromatic carbocycles. The molecule has 0 amide bonds. The number of nitrogens with one attached hydrogen (secondary N) is 1. The number of carbonyl (C=O) groups is 1. The first-order valence-corrected chi connectivity index (χ1v) is 6.99. The number of carboxylic acids is 1. The summed E-state index contributed by atoms with van der Waals surface area (Å²) in [5, 5.41) is 12.7. The van der Waals surface area contributed by atoms with E-state index in [1.165, 1.54) is 13.2 Å². The van der Waals surface area contributed by atoms with Crippen LogP contribution >= 0.6 is 23.2 Å². The quantitative estimate of drug-likeness (QED) is 0.761. The average molecular weight is 342 g/mol. The standard InChI is InChI=1S/C15H13Cl2NO4/c1-21-8-22-12-7-6-10(16)14(13(12)17)18-11-5-3-2-4-9(11)15(19)20/h2-7,18H,8H2,1H3,(H,19,20). The lowest BCUT2D eigenvalue weighted by molar-refractivity contribution is 0.0512. The maximum absolute atomic E-state index is 11.2. The number of anilines is 2. The van der Waals surface area contributed by atoms with E-state index in [1.807, 2.05) is 0 Å². The van der Waals surface area contributed by atoms with Gasteiger partial charge in [0.15, 0.2) is 6.79 Å². The molecule has 0 bridgehead atoms. The van der Waals surface area contributed by atoms with Gasteiger partial charge in [0, 0.05) is 7.11 Å². The molecule has 0 aliphatic heterocycles. The first-order chi connectivity index (χ1) is 10.5. The zero-order valence-corrected chi connectivity index (χ0v) is 13.1. The summed E-state index contributed by atoms with van der Waals surface area (Å²) in [6, 6.07) is 9.66. The van der Waals surface area contributed by atoms with Gasteiger partial charge in [-0.3, -0.25) is 0 Å². The van der Waals surface area contributed by atoms with E-state index in [0.717, 1.165) is 0 Å². The second kappa shape index (κ2) is 7.35. The molecule has 2 aromatic rings. The molecule has 0 aliphatic rings. The first kappa shape index (κ1) is 16.4. The molecule has 7 heteroatoms. The number of rotatable bonds is 6. The molecular weight excluding hydrogens is 329 g/mol. The lowest BCUT2D eigenvalue weighted by Gasteiger charge is -2.15. The number of carboxylic acid groups (broad SMARTS) is 1. The van der Waals surface area contributed by atoms with Crippen molar-refractivity contribution < 1.29 is 19.4 Å². The second-order valence-corrected chi connectivity index (χ2v) is 5.05. The molecule has 0 saturated carbocycles. The van der Waals surface area contributed by atoms with Crippen molar-refractivity contribution in [2.75, 3.05) is 19.2 Å². The Balaban J connectivity index is 2.39. The molecule has 5 nitrogen and oxygen atoms in total. The van der Waals surface area contributed by atoms with Gasteiger partial charge >= 0.3 is 5.97 Å². The van der Waals surface area contributed by atoms with Crippen molar-refractivity contribution in [3.8, 4) is 5.75 Å². The van der Waals surface area contributed by atoms with E-state index in [2.05, 4.69) is 5.32 Å². The topological polar surface area (TPSA) is 67.8 Å². The highest BCUT2D eigenvalue weighted by molar-refractivity contribution is 6.40. The minimum Gasteiger partial charge on any atom is -0.478 e. The smallest absolute Gasteiger partial charge is 0.337 e. The van der Waals surface area contributed by atoms with Gasteiger partial charge in [0.25, 0.3) is 0 Å². The molecule has 0 saturated heterocycles. The summed E-state index contributed by atoms with van der Waals surface area (Å²) < 4.78 is 10.2. The van der Waals surface area contributed by atoms with Crippen molar-refractivity contribution in [2.45, 2.75) is 0 Å². The second-order valence-electron chi connectivity index (χ2n) is 4.26. The van der Waals surface area contributed by atoms with Crippen molar-refractivity contribution >= 4 is 40.5 Å². The van der Waals surface area contributed by atoms with E-state index in [-0.39, 0.29) is 17.4 Å². The Hall–Kier alpha value is -1.95. The number of methoxy groups -OCH3 is 1. The molecule has 0 spiro atoms. The number of ether oxygens (including phenoxy) is 2. The fraction of sp³-hybridized carbons (Fsp3) is 0.133. The number of benzene rings is 2. The largest absolute Gasteiger partial charge is 0.478 e. The Morgan fingerprint density at radius 3 is 2.64 bits per heavy atom. The van der Waals surface area contributed by atoms with E-state index >= 15 is 0 Å². The van der Waals surface area contributed by atoms with Crippen LogP contribution in [0.15, 0.2) is 36.4 Å². The zero-order valence-electron chi connectivity index (χ0n) is 11.6. The average Bonchev–Trinajstić information content (AvgIpc) is 2.51.